The predicted molar refractivity (Wildman–Crippen MR) is 91.9 cm³/mol. The molecule has 3 fully saturated rings. The molecule has 0 aliphatic carbocycles. The first-order chi connectivity index (χ1) is 12.0. The molecule has 0 saturated carbocycles. The fourth-order valence-corrected chi connectivity index (χ4v) is 6.01. The molecular weight excluding hydrogens is 342 g/mol. The Labute approximate surface area is 148 Å². The third-order valence-corrected chi connectivity index (χ3v) is 7.66. The van der Waals surface area contributed by atoms with Crippen LogP contribution in [0.4, 0.5) is 0 Å². The molecule has 2 bridgehead atoms. The molecule has 1 N–H and O–H groups in total. The Bertz CT molecular complexity index is 753. The van der Waals surface area contributed by atoms with Crippen LogP contribution in [0.1, 0.15) is 48.4 Å². The number of nitrogens with one attached hydrogen (secondary N) is 1. The number of furan rings is 1. The van der Waals surface area contributed by atoms with Crippen LogP contribution in [0.15, 0.2) is 15.4 Å². The number of carbonyl (C=O) groups is 1. The Morgan fingerprint density at radius 2 is 1.92 bits per heavy atom. The van der Waals surface area contributed by atoms with Crippen molar-refractivity contribution in [1.82, 2.24) is 14.5 Å². The third-order valence-electron chi connectivity index (χ3n) is 5.65. The van der Waals surface area contributed by atoms with Crippen molar-refractivity contribution in [3.8, 4) is 0 Å². The maximum atomic E-state index is 13.0. The lowest BCUT2D eigenvalue weighted by molar-refractivity contribution is 0.0646. The van der Waals surface area contributed by atoms with Gasteiger partial charge in [0.1, 0.15) is 10.7 Å². The zero-order valence-electron chi connectivity index (χ0n) is 14.5. The normalized spacial score (nSPS) is 27.6. The summed E-state index contributed by atoms with van der Waals surface area (Å²) in [6.07, 6.45) is 4.69. The standard InChI is InChI=1S/C17H25N3O4S/c1-12-16(25(22,23)19-8-2-3-9-19)10-15(24-12)17(21)20-13-4-5-14(20)11-18-7-6-13/h10,13-14,18H,2-9,11H2,1H3. The number of hydrogen-bond donors (Lipinski definition) is 1. The van der Waals surface area contributed by atoms with E-state index in [2.05, 4.69) is 5.32 Å². The van der Waals surface area contributed by atoms with Gasteiger partial charge in [-0.2, -0.15) is 4.31 Å². The minimum atomic E-state index is -3.57. The number of carbonyl (C=O) groups excluding carboxylic acids is 1. The molecule has 2 unspecified atom stereocenters. The van der Waals surface area contributed by atoms with Crippen LogP contribution < -0.4 is 5.32 Å². The fourth-order valence-electron chi connectivity index (χ4n) is 4.34. The van der Waals surface area contributed by atoms with Gasteiger partial charge in [-0.05, 0) is 45.6 Å². The molecule has 138 valence electrons. The topological polar surface area (TPSA) is 82.9 Å². The van der Waals surface area contributed by atoms with Gasteiger partial charge in [0.15, 0.2) is 5.76 Å². The van der Waals surface area contributed by atoms with Crippen LogP contribution in [0.5, 0.6) is 0 Å². The molecule has 8 heteroatoms. The number of nitrogens with zero attached hydrogens (tertiary/aromatic N) is 2. The highest BCUT2D eigenvalue weighted by molar-refractivity contribution is 7.89. The monoisotopic (exact) mass is 367 g/mol. The molecular formula is C17H25N3O4S. The first-order valence-corrected chi connectivity index (χ1v) is 10.6. The van der Waals surface area contributed by atoms with Crippen molar-refractivity contribution < 1.29 is 17.6 Å². The summed E-state index contributed by atoms with van der Waals surface area (Å²) in [6, 6.07) is 1.82. The van der Waals surface area contributed by atoms with Gasteiger partial charge in [-0.1, -0.05) is 0 Å². The first-order valence-electron chi connectivity index (χ1n) is 9.12. The van der Waals surface area contributed by atoms with Crippen molar-refractivity contribution in [3.63, 3.8) is 0 Å². The number of sulfonamides is 1. The summed E-state index contributed by atoms with van der Waals surface area (Å²) in [7, 11) is -3.57. The van der Waals surface area contributed by atoms with Crippen LogP contribution >= 0.6 is 0 Å². The Balaban J connectivity index is 1.63. The summed E-state index contributed by atoms with van der Waals surface area (Å²) < 4.78 is 32.7. The molecule has 0 aromatic carbocycles. The van der Waals surface area contributed by atoms with Crippen molar-refractivity contribution in [1.29, 1.82) is 0 Å². The molecule has 2 atom stereocenters. The van der Waals surface area contributed by atoms with Gasteiger partial charge in [-0.25, -0.2) is 8.42 Å². The van der Waals surface area contributed by atoms with E-state index < -0.39 is 10.0 Å². The van der Waals surface area contributed by atoms with E-state index in [1.807, 2.05) is 4.90 Å². The average molecular weight is 367 g/mol. The van der Waals surface area contributed by atoms with E-state index in [4.69, 9.17) is 4.42 Å². The molecule has 0 radical (unpaired) electrons. The van der Waals surface area contributed by atoms with Crippen molar-refractivity contribution >= 4 is 15.9 Å². The second-order valence-electron chi connectivity index (χ2n) is 7.23. The van der Waals surface area contributed by atoms with Crippen molar-refractivity contribution in [2.45, 2.75) is 56.0 Å². The molecule has 3 saturated heterocycles. The highest BCUT2D eigenvalue weighted by atomic mass is 32.2. The minimum Gasteiger partial charge on any atom is -0.455 e. The van der Waals surface area contributed by atoms with Gasteiger partial charge in [-0.15, -0.1) is 0 Å². The average Bonchev–Trinajstić information content (AvgIpc) is 3.25. The molecule has 0 spiro atoms. The van der Waals surface area contributed by atoms with Crippen molar-refractivity contribution in [2.75, 3.05) is 26.2 Å². The third kappa shape index (κ3) is 2.90. The van der Waals surface area contributed by atoms with E-state index in [0.29, 0.717) is 18.8 Å². The second kappa shape index (κ2) is 6.41. The van der Waals surface area contributed by atoms with Crippen LogP contribution in [0.3, 0.4) is 0 Å². The molecule has 3 aliphatic rings. The Morgan fingerprint density at radius 1 is 1.20 bits per heavy atom. The molecule has 1 aromatic rings. The first kappa shape index (κ1) is 17.1. The van der Waals surface area contributed by atoms with Crippen LogP contribution in [-0.4, -0.2) is 61.8 Å². The molecule has 4 rings (SSSR count). The van der Waals surface area contributed by atoms with Gasteiger partial charge < -0.3 is 14.6 Å². The van der Waals surface area contributed by atoms with E-state index in [-0.39, 0.29) is 28.6 Å². The van der Waals surface area contributed by atoms with Gasteiger partial charge in [0.05, 0.1) is 0 Å². The van der Waals surface area contributed by atoms with Crippen molar-refractivity contribution in [2.24, 2.45) is 0 Å². The molecule has 3 aliphatic heterocycles. The Morgan fingerprint density at radius 3 is 2.68 bits per heavy atom. The van der Waals surface area contributed by atoms with Gasteiger partial charge >= 0.3 is 0 Å². The number of hydrogen-bond acceptors (Lipinski definition) is 5. The summed E-state index contributed by atoms with van der Waals surface area (Å²) in [5.41, 5.74) is 0. The lowest BCUT2D eigenvalue weighted by Gasteiger charge is -2.26. The highest BCUT2D eigenvalue weighted by Gasteiger charge is 2.40. The number of amides is 1. The van der Waals surface area contributed by atoms with Gasteiger partial charge in [-0.3, -0.25) is 4.79 Å². The molecule has 1 amide bonds. The maximum absolute atomic E-state index is 13.0. The second-order valence-corrected chi connectivity index (χ2v) is 9.14. The molecule has 25 heavy (non-hydrogen) atoms. The minimum absolute atomic E-state index is 0.137. The number of aryl methyl sites for hydroxylation is 1. The SMILES string of the molecule is Cc1oc(C(=O)N2C3CCNCC2CC3)cc1S(=O)(=O)N1CCCC1. The zero-order chi connectivity index (χ0) is 17.6. The Kier molecular flexibility index (Phi) is 4.37. The lowest BCUT2D eigenvalue weighted by atomic mass is 10.1. The fraction of sp³-hybridized carbons (Fsp3) is 0.706. The number of fused-ring (bicyclic) bond motifs is 2. The smallest absolute Gasteiger partial charge is 0.290 e. The van der Waals surface area contributed by atoms with Gasteiger partial charge in [0.25, 0.3) is 5.91 Å². The molecule has 7 nitrogen and oxygen atoms in total. The summed E-state index contributed by atoms with van der Waals surface area (Å²) in [5.74, 6) is 0.270. The van der Waals surface area contributed by atoms with Crippen LogP contribution in [0, 0.1) is 6.92 Å². The molecule has 1 aromatic heterocycles. The largest absolute Gasteiger partial charge is 0.455 e. The molecule has 4 heterocycles. The van der Waals surface area contributed by atoms with E-state index in [9.17, 15) is 13.2 Å². The highest BCUT2D eigenvalue weighted by Crippen LogP contribution is 2.32. The van der Waals surface area contributed by atoms with Gasteiger partial charge in [0.2, 0.25) is 10.0 Å². The van der Waals surface area contributed by atoms with E-state index in [0.717, 1.165) is 45.2 Å². The van der Waals surface area contributed by atoms with Gasteiger partial charge in [0, 0.05) is 37.8 Å². The maximum Gasteiger partial charge on any atom is 0.290 e. The summed E-state index contributed by atoms with van der Waals surface area (Å²) in [6.45, 7) is 4.41. The van der Waals surface area contributed by atoms with Crippen LogP contribution in [0.2, 0.25) is 0 Å². The zero-order valence-corrected chi connectivity index (χ0v) is 15.3. The van der Waals surface area contributed by atoms with Crippen molar-refractivity contribution in [3.05, 3.63) is 17.6 Å². The summed E-state index contributed by atoms with van der Waals surface area (Å²) in [5, 5.41) is 3.37. The summed E-state index contributed by atoms with van der Waals surface area (Å²) >= 11 is 0. The summed E-state index contributed by atoms with van der Waals surface area (Å²) in [4.78, 5) is 15.1. The van der Waals surface area contributed by atoms with E-state index in [1.54, 1.807) is 6.92 Å². The Hall–Kier alpha value is -1.38. The van der Waals surface area contributed by atoms with E-state index >= 15 is 0 Å². The van der Waals surface area contributed by atoms with Crippen LogP contribution in [-0.2, 0) is 10.0 Å². The van der Waals surface area contributed by atoms with E-state index in [1.165, 1.54) is 10.4 Å². The quantitative estimate of drug-likeness (QED) is 0.872. The predicted octanol–water partition coefficient (Wildman–Crippen LogP) is 1.34. The number of rotatable bonds is 3. The lowest BCUT2D eigenvalue weighted by Crippen LogP contribution is -2.42. The van der Waals surface area contributed by atoms with Crippen LogP contribution in [0.25, 0.3) is 0 Å².